The van der Waals surface area contributed by atoms with Crippen molar-refractivity contribution in [1.82, 2.24) is 0 Å². The van der Waals surface area contributed by atoms with Gasteiger partial charge in [-0.25, -0.2) is 0 Å². The average Bonchev–Trinajstić information content (AvgIpc) is 2.87. The van der Waals surface area contributed by atoms with Crippen molar-refractivity contribution in [2.24, 2.45) is 11.3 Å². The third-order valence-electron chi connectivity index (χ3n) is 4.59. The molecule has 2 aliphatic rings. The molecule has 1 heterocycles. The molecule has 0 N–H and O–H groups in total. The predicted molar refractivity (Wildman–Crippen MR) is 67.4 cm³/mol. The summed E-state index contributed by atoms with van der Waals surface area (Å²) in [5.74, 6) is -0.563. The van der Waals surface area contributed by atoms with Gasteiger partial charge in [-0.15, -0.1) is 0 Å². The SMILES string of the molecule is CC(=O)OC[C@@H]1C(C)(C)[C@H](OC(C)=O)C[C@@H]2O[C@@]21C. The number of hydrogen-bond acceptors (Lipinski definition) is 5. The highest BCUT2D eigenvalue weighted by Crippen LogP contribution is 2.58. The highest BCUT2D eigenvalue weighted by molar-refractivity contribution is 5.66. The molecule has 1 aliphatic heterocycles. The van der Waals surface area contributed by atoms with Gasteiger partial charge in [-0.2, -0.15) is 0 Å². The first-order valence-electron chi connectivity index (χ1n) is 6.66. The van der Waals surface area contributed by atoms with Gasteiger partial charge in [0.25, 0.3) is 0 Å². The molecule has 0 radical (unpaired) electrons. The Kier molecular flexibility index (Phi) is 3.37. The minimum atomic E-state index is -0.300. The molecule has 1 saturated carbocycles. The van der Waals surface area contributed by atoms with Gasteiger partial charge in [0.05, 0.1) is 18.3 Å². The summed E-state index contributed by atoms with van der Waals surface area (Å²) >= 11 is 0. The van der Waals surface area contributed by atoms with E-state index in [-0.39, 0.29) is 41.1 Å². The molecule has 0 spiro atoms. The Morgan fingerprint density at radius 1 is 1.21 bits per heavy atom. The van der Waals surface area contributed by atoms with Crippen LogP contribution >= 0.6 is 0 Å². The molecule has 19 heavy (non-hydrogen) atoms. The van der Waals surface area contributed by atoms with E-state index in [0.717, 1.165) is 0 Å². The Bertz CT molecular complexity index is 403. The number of carbonyl (C=O) groups is 2. The number of rotatable bonds is 3. The van der Waals surface area contributed by atoms with Crippen LogP contribution in [0.2, 0.25) is 0 Å². The second-order valence-electron chi connectivity index (χ2n) is 6.30. The van der Waals surface area contributed by atoms with Gasteiger partial charge in [0.2, 0.25) is 0 Å². The van der Waals surface area contributed by atoms with Crippen LogP contribution in [-0.2, 0) is 23.8 Å². The van der Waals surface area contributed by atoms with Gasteiger partial charge in [-0.1, -0.05) is 13.8 Å². The summed E-state index contributed by atoms with van der Waals surface area (Å²) in [6.07, 6.45) is 0.594. The zero-order chi connectivity index (χ0) is 14.4. The lowest BCUT2D eigenvalue weighted by Crippen LogP contribution is -2.52. The smallest absolute Gasteiger partial charge is 0.302 e. The molecule has 0 aromatic heterocycles. The van der Waals surface area contributed by atoms with Gasteiger partial charge in [0.15, 0.2) is 0 Å². The fourth-order valence-electron chi connectivity index (χ4n) is 3.30. The quantitative estimate of drug-likeness (QED) is 0.576. The van der Waals surface area contributed by atoms with Crippen molar-refractivity contribution >= 4 is 11.9 Å². The summed E-state index contributed by atoms with van der Waals surface area (Å²) in [5.41, 5.74) is -0.557. The minimum Gasteiger partial charge on any atom is -0.465 e. The molecule has 0 aromatic rings. The van der Waals surface area contributed by atoms with E-state index >= 15 is 0 Å². The van der Waals surface area contributed by atoms with Gasteiger partial charge in [0.1, 0.15) is 6.10 Å². The lowest BCUT2D eigenvalue weighted by molar-refractivity contribution is -0.164. The standard InChI is InChI=1S/C14H22O5/c1-8(15)17-7-10-13(3,4)11(18-9(2)16)6-12-14(10,5)19-12/h10-12H,6-7H2,1-5H3/t10-,11-,12+,14-/m1/s1. The molecule has 0 unspecified atom stereocenters. The van der Waals surface area contributed by atoms with E-state index in [1.54, 1.807) is 0 Å². The van der Waals surface area contributed by atoms with Gasteiger partial charge in [-0.3, -0.25) is 9.59 Å². The highest BCUT2D eigenvalue weighted by Gasteiger charge is 2.68. The van der Waals surface area contributed by atoms with Gasteiger partial charge < -0.3 is 14.2 Å². The largest absolute Gasteiger partial charge is 0.465 e. The Morgan fingerprint density at radius 3 is 2.37 bits per heavy atom. The van der Waals surface area contributed by atoms with Crippen molar-refractivity contribution in [3.8, 4) is 0 Å². The van der Waals surface area contributed by atoms with Crippen LogP contribution in [0.4, 0.5) is 0 Å². The van der Waals surface area contributed by atoms with Crippen LogP contribution in [0, 0.1) is 11.3 Å². The zero-order valence-corrected chi connectivity index (χ0v) is 12.2. The topological polar surface area (TPSA) is 65.1 Å². The first kappa shape index (κ1) is 14.3. The maximum Gasteiger partial charge on any atom is 0.302 e. The maximum atomic E-state index is 11.2. The second kappa shape index (κ2) is 4.47. The van der Waals surface area contributed by atoms with E-state index < -0.39 is 0 Å². The zero-order valence-electron chi connectivity index (χ0n) is 12.2. The van der Waals surface area contributed by atoms with Gasteiger partial charge in [0, 0.05) is 31.6 Å². The number of esters is 2. The molecule has 2 fully saturated rings. The van der Waals surface area contributed by atoms with Crippen LogP contribution < -0.4 is 0 Å². The van der Waals surface area contributed by atoms with E-state index in [9.17, 15) is 9.59 Å². The molecule has 1 saturated heterocycles. The van der Waals surface area contributed by atoms with Crippen molar-refractivity contribution in [1.29, 1.82) is 0 Å². The average molecular weight is 270 g/mol. The summed E-state index contributed by atoms with van der Waals surface area (Å²) in [4.78, 5) is 22.3. The van der Waals surface area contributed by atoms with E-state index in [1.165, 1.54) is 13.8 Å². The Hall–Kier alpha value is -1.10. The summed E-state index contributed by atoms with van der Waals surface area (Å²) in [6, 6.07) is 0. The van der Waals surface area contributed by atoms with E-state index in [0.29, 0.717) is 13.0 Å². The predicted octanol–water partition coefficient (Wildman–Crippen LogP) is 1.68. The first-order valence-corrected chi connectivity index (χ1v) is 6.66. The summed E-state index contributed by atoms with van der Waals surface area (Å²) in [6.45, 7) is 9.23. The number of epoxide rings is 1. The van der Waals surface area contributed by atoms with E-state index in [4.69, 9.17) is 14.2 Å². The number of hydrogen-bond donors (Lipinski definition) is 0. The van der Waals surface area contributed by atoms with Crippen LogP contribution in [0.5, 0.6) is 0 Å². The second-order valence-corrected chi connectivity index (χ2v) is 6.30. The minimum absolute atomic E-state index is 0.0204. The monoisotopic (exact) mass is 270 g/mol. The molecular formula is C14H22O5. The highest BCUT2D eigenvalue weighted by atomic mass is 16.6. The summed E-state index contributed by atoms with van der Waals surface area (Å²) in [7, 11) is 0. The lowest BCUT2D eigenvalue weighted by Gasteiger charge is -2.44. The molecule has 4 atom stereocenters. The van der Waals surface area contributed by atoms with Crippen LogP contribution in [0.25, 0.3) is 0 Å². The van der Waals surface area contributed by atoms with E-state index in [1.807, 2.05) is 20.8 Å². The number of fused-ring (bicyclic) bond motifs is 1. The summed E-state index contributed by atoms with van der Waals surface area (Å²) < 4.78 is 16.4. The third-order valence-corrected chi connectivity index (χ3v) is 4.59. The lowest BCUT2D eigenvalue weighted by atomic mass is 9.62. The van der Waals surface area contributed by atoms with Crippen LogP contribution in [-0.4, -0.2) is 36.4 Å². The Morgan fingerprint density at radius 2 is 1.84 bits per heavy atom. The molecule has 0 aromatic carbocycles. The number of ether oxygens (including phenoxy) is 3. The Balaban J connectivity index is 2.17. The van der Waals surface area contributed by atoms with Crippen molar-refractivity contribution in [3.05, 3.63) is 0 Å². The molecule has 5 nitrogen and oxygen atoms in total. The molecule has 2 rings (SSSR count). The van der Waals surface area contributed by atoms with E-state index in [2.05, 4.69) is 0 Å². The first-order chi connectivity index (χ1) is 8.68. The molecule has 5 heteroatoms. The normalized spacial score (nSPS) is 39.1. The van der Waals surface area contributed by atoms with Crippen molar-refractivity contribution in [3.63, 3.8) is 0 Å². The number of carbonyl (C=O) groups excluding carboxylic acids is 2. The molecule has 0 amide bonds. The molecule has 0 bridgehead atoms. The Labute approximate surface area is 113 Å². The summed E-state index contributed by atoms with van der Waals surface area (Å²) in [5, 5.41) is 0. The van der Waals surface area contributed by atoms with Gasteiger partial charge >= 0.3 is 11.9 Å². The molecular weight excluding hydrogens is 248 g/mol. The van der Waals surface area contributed by atoms with Gasteiger partial charge in [-0.05, 0) is 6.92 Å². The van der Waals surface area contributed by atoms with Crippen LogP contribution in [0.15, 0.2) is 0 Å². The van der Waals surface area contributed by atoms with Crippen molar-refractivity contribution in [2.75, 3.05) is 6.61 Å². The fraction of sp³-hybridized carbons (Fsp3) is 0.857. The van der Waals surface area contributed by atoms with Crippen molar-refractivity contribution in [2.45, 2.75) is 58.8 Å². The molecule has 108 valence electrons. The third kappa shape index (κ3) is 2.48. The van der Waals surface area contributed by atoms with Crippen LogP contribution in [0.3, 0.4) is 0 Å². The van der Waals surface area contributed by atoms with Crippen LogP contribution in [0.1, 0.15) is 41.0 Å². The molecule has 1 aliphatic carbocycles. The fourth-order valence-corrected chi connectivity index (χ4v) is 3.30. The van der Waals surface area contributed by atoms with Crippen molar-refractivity contribution < 1.29 is 23.8 Å². The maximum absolute atomic E-state index is 11.2.